The van der Waals surface area contributed by atoms with Crippen LogP contribution in [0.5, 0.6) is 0 Å². The first kappa shape index (κ1) is 20.4. The molecule has 2 N–H and O–H groups in total. The summed E-state index contributed by atoms with van der Waals surface area (Å²) in [7, 11) is 1.78. The van der Waals surface area contributed by atoms with E-state index in [0.29, 0.717) is 6.54 Å². The zero-order valence-corrected chi connectivity index (χ0v) is 17.8. The van der Waals surface area contributed by atoms with E-state index in [9.17, 15) is 0 Å². The van der Waals surface area contributed by atoms with E-state index in [1.54, 1.807) is 24.6 Å². The minimum absolute atomic E-state index is 0. The normalized spacial score (nSPS) is 11.0. The van der Waals surface area contributed by atoms with Crippen molar-refractivity contribution in [3.8, 4) is 10.6 Å². The lowest BCUT2D eigenvalue weighted by atomic mass is 10.2. The maximum Gasteiger partial charge on any atom is 0.191 e. The molecule has 0 radical (unpaired) electrons. The molecule has 0 atom stereocenters. The third-order valence-electron chi connectivity index (χ3n) is 3.65. The van der Waals surface area contributed by atoms with Crippen molar-refractivity contribution < 1.29 is 0 Å². The van der Waals surface area contributed by atoms with Gasteiger partial charge in [-0.3, -0.25) is 9.67 Å². The van der Waals surface area contributed by atoms with Crippen molar-refractivity contribution in [3.05, 3.63) is 59.9 Å². The Morgan fingerprint density at radius 3 is 2.77 bits per heavy atom. The van der Waals surface area contributed by atoms with Crippen LogP contribution < -0.4 is 10.6 Å². The van der Waals surface area contributed by atoms with Gasteiger partial charge in [-0.15, -0.1) is 35.3 Å². The van der Waals surface area contributed by atoms with Crippen molar-refractivity contribution in [3.63, 3.8) is 0 Å². The summed E-state index contributed by atoms with van der Waals surface area (Å²) in [6, 6.07) is 12.2. The SMILES string of the molecule is CN=C(NCCCn1cccn1)NCc1csc(-c2ccccc2)n1.I. The Kier molecular flexibility index (Phi) is 8.56. The quantitative estimate of drug-likeness (QED) is 0.235. The second-order valence-corrected chi connectivity index (χ2v) is 6.34. The van der Waals surface area contributed by atoms with Gasteiger partial charge in [0.25, 0.3) is 0 Å². The van der Waals surface area contributed by atoms with Crippen molar-refractivity contribution in [2.75, 3.05) is 13.6 Å². The Morgan fingerprint density at radius 2 is 2.04 bits per heavy atom. The zero-order valence-electron chi connectivity index (χ0n) is 14.6. The topological polar surface area (TPSA) is 67.1 Å². The molecule has 0 aliphatic carbocycles. The first-order valence-corrected chi connectivity index (χ1v) is 9.15. The minimum atomic E-state index is 0. The highest BCUT2D eigenvalue weighted by Gasteiger charge is 2.05. The smallest absolute Gasteiger partial charge is 0.191 e. The summed E-state index contributed by atoms with van der Waals surface area (Å²) in [4.78, 5) is 8.93. The molecule has 3 aromatic rings. The van der Waals surface area contributed by atoms with E-state index in [1.807, 2.05) is 35.1 Å². The van der Waals surface area contributed by atoms with Crippen molar-refractivity contribution in [2.45, 2.75) is 19.5 Å². The highest BCUT2D eigenvalue weighted by molar-refractivity contribution is 14.0. The molecule has 2 heterocycles. The first-order chi connectivity index (χ1) is 12.3. The average Bonchev–Trinajstić information content (AvgIpc) is 3.34. The second-order valence-electron chi connectivity index (χ2n) is 5.49. The van der Waals surface area contributed by atoms with E-state index in [4.69, 9.17) is 0 Å². The summed E-state index contributed by atoms with van der Waals surface area (Å²) in [6.07, 6.45) is 4.75. The van der Waals surface area contributed by atoms with E-state index in [-0.39, 0.29) is 24.0 Å². The molecule has 0 unspecified atom stereocenters. The number of aryl methyl sites for hydroxylation is 1. The van der Waals surface area contributed by atoms with E-state index in [1.165, 1.54) is 0 Å². The summed E-state index contributed by atoms with van der Waals surface area (Å²) in [5, 5.41) is 13.9. The Balaban J connectivity index is 0.00000243. The van der Waals surface area contributed by atoms with Crippen LogP contribution in [0.25, 0.3) is 10.6 Å². The summed E-state index contributed by atoms with van der Waals surface area (Å²) in [5.41, 5.74) is 2.17. The molecule has 0 saturated carbocycles. The second kappa shape index (κ2) is 10.9. The largest absolute Gasteiger partial charge is 0.356 e. The van der Waals surface area contributed by atoms with E-state index in [2.05, 4.69) is 43.2 Å². The minimum Gasteiger partial charge on any atom is -0.356 e. The summed E-state index contributed by atoms with van der Waals surface area (Å²) < 4.78 is 1.93. The van der Waals surface area contributed by atoms with E-state index < -0.39 is 0 Å². The molecule has 2 aromatic heterocycles. The maximum absolute atomic E-state index is 4.68. The predicted octanol–water partition coefficient (Wildman–Crippen LogP) is 3.38. The fourth-order valence-electron chi connectivity index (χ4n) is 2.38. The Morgan fingerprint density at radius 1 is 1.19 bits per heavy atom. The van der Waals surface area contributed by atoms with E-state index >= 15 is 0 Å². The number of benzene rings is 1. The Bertz CT molecular complexity index is 785. The van der Waals surface area contributed by atoms with Gasteiger partial charge in [0, 0.05) is 43.5 Å². The lowest BCUT2D eigenvalue weighted by Gasteiger charge is -2.10. The van der Waals surface area contributed by atoms with Gasteiger partial charge in [0.2, 0.25) is 0 Å². The molecule has 8 heteroatoms. The van der Waals surface area contributed by atoms with Crippen LogP contribution in [0.15, 0.2) is 59.2 Å². The van der Waals surface area contributed by atoms with Crippen LogP contribution in [-0.2, 0) is 13.1 Å². The van der Waals surface area contributed by atoms with Crippen LogP contribution in [-0.4, -0.2) is 34.3 Å². The molecule has 0 saturated heterocycles. The number of rotatable bonds is 7. The van der Waals surface area contributed by atoms with Gasteiger partial charge in [-0.05, 0) is 12.5 Å². The summed E-state index contributed by atoms with van der Waals surface area (Å²) in [5.74, 6) is 0.787. The number of nitrogens with one attached hydrogen (secondary N) is 2. The Labute approximate surface area is 174 Å². The highest BCUT2D eigenvalue weighted by Crippen LogP contribution is 2.23. The lowest BCUT2D eigenvalue weighted by Crippen LogP contribution is -2.37. The molecule has 0 fully saturated rings. The lowest BCUT2D eigenvalue weighted by molar-refractivity contribution is 0.570. The Hall–Kier alpha value is -1.94. The fraction of sp³-hybridized carbons (Fsp3) is 0.278. The predicted molar refractivity (Wildman–Crippen MR) is 118 cm³/mol. The van der Waals surface area contributed by atoms with Crippen LogP contribution in [0.2, 0.25) is 0 Å². The molecule has 1 aromatic carbocycles. The maximum atomic E-state index is 4.68. The molecule has 0 bridgehead atoms. The number of aliphatic imine (C=N–C) groups is 1. The molecule has 0 spiro atoms. The van der Waals surface area contributed by atoms with E-state index in [0.717, 1.165) is 41.7 Å². The number of guanidine groups is 1. The van der Waals surface area contributed by atoms with Gasteiger partial charge in [-0.1, -0.05) is 30.3 Å². The van der Waals surface area contributed by atoms with Gasteiger partial charge < -0.3 is 10.6 Å². The molecule has 0 aliphatic rings. The number of halogens is 1. The van der Waals surface area contributed by atoms with Crippen molar-refractivity contribution in [1.82, 2.24) is 25.4 Å². The van der Waals surface area contributed by atoms with Gasteiger partial charge in [-0.2, -0.15) is 5.10 Å². The molecular formula is C18H23IN6S. The van der Waals surface area contributed by atoms with Crippen LogP contribution in [0.1, 0.15) is 12.1 Å². The third kappa shape index (κ3) is 6.10. The summed E-state index contributed by atoms with van der Waals surface area (Å²) in [6.45, 7) is 2.39. The van der Waals surface area contributed by atoms with Gasteiger partial charge >= 0.3 is 0 Å². The van der Waals surface area contributed by atoms with Crippen molar-refractivity contribution in [1.29, 1.82) is 0 Å². The van der Waals surface area contributed by atoms with Crippen LogP contribution >= 0.6 is 35.3 Å². The molecule has 138 valence electrons. The first-order valence-electron chi connectivity index (χ1n) is 8.27. The van der Waals surface area contributed by atoms with Gasteiger partial charge in [-0.25, -0.2) is 4.98 Å². The molecule has 3 rings (SSSR count). The number of hydrogen-bond acceptors (Lipinski definition) is 4. The molecule has 26 heavy (non-hydrogen) atoms. The average molecular weight is 482 g/mol. The fourth-order valence-corrected chi connectivity index (χ4v) is 3.20. The molecule has 0 amide bonds. The third-order valence-corrected chi connectivity index (χ3v) is 4.59. The monoisotopic (exact) mass is 482 g/mol. The number of aromatic nitrogens is 3. The molecule has 0 aliphatic heterocycles. The van der Waals surface area contributed by atoms with Crippen molar-refractivity contribution >= 4 is 41.3 Å². The van der Waals surface area contributed by atoms with Gasteiger partial charge in [0.1, 0.15) is 5.01 Å². The zero-order chi connectivity index (χ0) is 17.3. The van der Waals surface area contributed by atoms with Crippen LogP contribution in [0.3, 0.4) is 0 Å². The highest BCUT2D eigenvalue weighted by atomic mass is 127. The molecule has 6 nitrogen and oxygen atoms in total. The number of thiazole rings is 1. The van der Waals surface area contributed by atoms with Crippen LogP contribution in [0.4, 0.5) is 0 Å². The van der Waals surface area contributed by atoms with Gasteiger partial charge in [0.15, 0.2) is 5.96 Å². The molecular weight excluding hydrogens is 459 g/mol. The number of hydrogen-bond donors (Lipinski definition) is 2. The standard InChI is InChI=1S/C18H22N6S.HI/c1-19-18(20-9-5-11-24-12-6-10-22-24)21-13-16-14-25-17(23-16)15-7-3-2-4-8-15;/h2-4,6-8,10,12,14H,5,9,11,13H2,1H3,(H2,19,20,21);1H. The van der Waals surface area contributed by atoms with Crippen molar-refractivity contribution in [2.24, 2.45) is 4.99 Å². The number of nitrogens with zero attached hydrogens (tertiary/aromatic N) is 4. The summed E-state index contributed by atoms with van der Waals surface area (Å²) >= 11 is 1.66. The van der Waals surface area contributed by atoms with Crippen LogP contribution in [0, 0.1) is 0 Å². The van der Waals surface area contributed by atoms with Gasteiger partial charge in [0.05, 0.1) is 12.2 Å².